The van der Waals surface area contributed by atoms with Gasteiger partial charge in [0.15, 0.2) is 0 Å². The molecule has 0 aliphatic heterocycles. The van der Waals surface area contributed by atoms with Crippen molar-refractivity contribution < 1.29 is 19.1 Å². The predicted molar refractivity (Wildman–Crippen MR) is 105 cm³/mol. The molecule has 0 bridgehead atoms. The number of halogens is 1. The molecular formula is C20H18ClN3O4. The van der Waals surface area contributed by atoms with Crippen molar-refractivity contribution >= 4 is 23.5 Å². The first-order valence-corrected chi connectivity index (χ1v) is 8.74. The number of ether oxygens (including phenoxy) is 2. The zero-order valence-corrected chi connectivity index (χ0v) is 16.0. The third-order valence-electron chi connectivity index (χ3n) is 4.14. The van der Waals surface area contributed by atoms with Crippen molar-refractivity contribution in [1.29, 1.82) is 0 Å². The highest BCUT2D eigenvalue weighted by molar-refractivity contribution is 6.30. The topological polar surface area (TPSA) is 93.3 Å². The van der Waals surface area contributed by atoms with E-state index in [0.29, 0.717) is 27.6 Å². The summed E-state index contributed by atoms with van der Waals surface area (Å²) in [5.41, 5.74) is 2.82. The number of aromatic nitrogens is 2. The van der Waals surface area contributed by atoms with Gasteiger partial charge in [0.05, 0.1) is 31.7 Å². The molecule has 0 radical (unpaired) electrons. The minimum Gasteiger partial charge on any atom is -0.496 e. The van der Waals surface area contributed by atoms with Gasteiger partial charge in [0, 0.05) is 17.1 Å². The fraction of sp³-hybridized carbons (Fsp3) is 0.150. The summed E-state index contributed by atoms with van der Waals surface area (Å²) in [6.07, 6.45) is 1.47. The maximum Gasteiger partial charge on any atom is 0.341 e. The first-order chi connectivity index (χ1) is 13.5. The first-order valence-electron chi connectivity index (χ1n) is 8.36. The van der Waals surface area contributed by atoms with Crippen LogP contribution in [0.15, 0.2) is 48.7 Å². The van der Waals surface area contributed by atoms with E-state index in [-0.39, 0.29) is 12.5 Å². The molecule has 3 rings (SSSR count). The van der Waals surface area contributed by atoms with Crippen LogP contribution in [-0.4, -0.2) is 36.3 Å². The van der Waals surface area contributed by atoms with Crippen LogP contribution in [-0.2, 0) is 11.3 Å². The van der Waals surface area contributed by atoms with Crippen LogP contribution in [0.2, 0.25) is 5.02 Å². The molecular weight excluding hydrogens is 382 g/mol. The van der Waals surface area contributed by atoms with E-state index in [1.54, 1.807) is 42.5 Å². The van der Waals surface area contributed by atoms with Gasteiger partial charge in [-0.3, -0.25) is 9.89 Å². The molecule has 1 aromatic heterocycles. The number of methoxy groups -OCH3 is 2. The van der Waals surface area contributed by atoms with Crippen LogP contribution in [0.1, 0.15) is 26.3 Å². The largest absolute Gasteiger partial charge is 0.496 e. The van der Waals surface area contributed by atoms with Gasteiger partial charge in [0.2, 0.25) is 0 Å². The minimum absolute atomic E-state index is 0.220. The van der Waals surface area contributed by atoms with E-state index in [9.17, 15) is 9.59 Å². The Balaban J connectivity index is 1.76. The van der Waals surface area contributed by atoms with E-state index < -0.39 is 5.97 Å². The number of esters is 1. The van der Waals surface area contributed by atoms with Gasteiger partial charge in [-0.2, -0.15) is 5.10 Å². The third kappa shape index (κ3) is 4.15. The average Bonchev–Trinajstić information content (AvgIpc) is 3.21. The fourth-order valence-corrected chi connectivity index (χ4v) is 2.83. The summed E-state index contributed by atoms with van der Waals surface area (Å²) >= 11 is 5.91. The summed E-state index contributed by atoms with van der Waals surface area (Å²) in [5.74, 6) is -0.402. The fourth-order valence-electron chi connectivity index (χ4n) is 2.71. The van der Waals surface area contributed by atoms with Crippen LogP contribution in [0.4, 0.5) is 0 Å². The lowest BCUT2D eigenvalue weighted by atomic mass is 10.1. The highest BCUT2D eigenvalue weighted by Gasteiger charge is 2.17. The Morgan fingerprint density at radius 1 is 1.11 bits per heavy atom. The molecule has 0 fully saturated rings. The van der Waals surface area contributed by atoms with Crippen molar-refractivity contribution in [2.45, 2.75) is 6.54 Å². The van der Waals surface area contributed by atoms with E-state index in [0.717, 1.165) is 11.1 Å². The Kier molecular flexibility index (Phi) is 5.96. The molecule has 0 atom stereocenters. The summed E-state index contributed by atoms with van der Waals surface area (Å²) in [6.45, 7) is 0.220. The van der Waals surface area contributed by atoms with Crippen molar-refractivity contribution in [1.82, 2.24) is 15.5 Å². The molecule has 2 aromatic carbocycles. The molecule has 7 nitrogen and oxygen atoms in total. The van der Waals surface area contributed by atoms with Crippen LogP contribution < -0.4 is 10.1 Å². The van der Waals surface area contributed by atoms with Gasteiger partial charge in [0.25, 0.3) is 5.91 Å². The Hall–Kier alpha value is -3.32. The number of carbonyl (C=O) groups excluding carboxylic acids is 2. The molecule has 0 saturated carbocycles. The van der Waals surface area contributed by atoms with Crippen LogP contribution >= 0.6 is 11.6 Å². The molecule has 3 aromatic rings. The normalized spacial score (nSPS) is 10.4. The molecule has 28 heavy (non-hydrogen) atoms. The average molecular weight is 400 g/mol. The quantitative estimate of drug-likeness (QED) is 0.619. The van der Waals surface area contributed by atoms with E-state index in [1.807, 2.05) is 0 Å². The van der Waals surface area contributed by atoms with Crippen LogP contribution in [0, 0.1) is 0 Å². The molecule has 8 heteroatoms. The van der Waals surface area contributed by atoms with Gasteiger partial charge in [-0.1, -0.05) is 29.8 Å². The summed E-state index contributed by atoms with van der Waals surface area (Å²) in [4.78, 5) is 24.5. The number of benzene rings is 2. The molecule has 0 spiro atoms. The van der Waals surface area contributed by atoms with Crippen molar-refractivity contribution in [3.05, 3.63) is 70.4 Å². The number of rotatable bonds is 6. The summed E-state index contributed by atoms with van der Waals surface area (Å²) in [5, 5.41) is 10.2. The lowest BCUT2D eigenvalue weighted by Crippen LogP contribution is -2.23. The zero-order chi connectivity index (χ0) is 20.1. The van der Waals surface area contributed by atoms with Crippen LogP contribution in [0.3, 0.4) is 0 Å². The lowest BCUT2D eigenvalue weighted by molar-refractivity contribution is 0.0597. The standard InChI is InChI=1S/C20H18ClN3O4/c1-27-17-8-3-12(9-15(17)20(26)28-2)10-22-19(25)16-11-23-24-18(16)13-4-6-14(21)7-5-13/h3-9,11H,10H2,1-2H3,(H,22,25)(H,23,24). The van der Waals surface area contributed by atoms with Crippen molar-refractivity contribution in [3.8, 4) is 17.0 Å². The van der Waals surface area contributed by atoms with E-state index in [1.165, 1.54) is 20.4 Å². The van der Waals surface area contributed by atoms with Gasteiger partial charge >= 0.3 is 5.97 Å². The van der Waals surface area contributed by atoms with Crippen molar-refractivity contribution in [2.24, 2.45) is 0 Å². The van der Waals surface area contributed by atoms with Gasteiger partial charge in [-0.05, 0) is 29.8 Å². The highest BCUT2D eigenvalue weighted by Crippen LogP contribution is 2.24. The number of nitrogens with zero attached hydrogens (tertiary/aromatic N) is 1. The van der Waals surface area contributed by atoms with Crippen molar-refractivity contribution in [2.75, 3.05) is 14.2 Å². The molecule has 1 heterocycles. The summed E-state index contributed by atoms with van der Waals surface area (Å²) < 4.78 is 9.93. The molecule has 0 saturated heterocycles. The Morgan fingerprint density at radius 3 is 2.54 bits per heavy atom. The monoisotopic (exact) mass is 399 g/mol. The lowest BCUT2D eigenvalue weighted by Gasteiger charge is -2.10. The first kappa shape index (κ1) is 19.4. The van der Waals surface area contributed by atoms with Gasteiger partial charge in [-0.25, -0.2) is 4.79 Å². The van der Waals surface area contributed by atoms with E-state index in [4.69, 9.17) is 21.1 Å². The maximum atomic E-state index is 12.6. The van der Waals surface area contributed by atoms with E-state index in [2.05, 4.69) is 15.5 Å². The number of hydrogen-bond donors (Lipinski definition) is 2. The SMILES string of the molecule is COC(=O)c1cc(CNC(=O)c2cn[nH]c2-c2ccc(Cl)cc2)ccc1OC. The predicted octanol–water partition coefficient (Wildman–Crippen LogP) is 3.46. The molecule has 0 unspecified atom stereocenters. The number of H-pyrrole nitrogens is 1. The second-order valence-electron chi connectivity index (χ2n) is 5.87. The third-order valence-corrected chi connectivity index (χ3v) is 4.39. The summed E-state index contributed by atoms with van der Waals surface area (Å²) in [7, 11) is 2.77. The second kappa shape index (κ2) is 8.58. The van der Waals surface area contributed by atoms with Gasteiger partial charge in [-0.15, -0.1) is 0 Å². The smallest absolute Gasteiger partial charge is 0.341 e. The van der Waals surface area contributed by atoms with E-state index >= 15 is 0 Å². The number of hydrogen-bond acceptors (Lipinski definition) is 5. The Bertz CT molecular complexity index is 999. The maximum absolute atomic E-state index is 12.6. The number of carbonyl (C=O) groups is 2. The van der Waals surface area contributed by atoms with Gasteiger partial charge < -0.3 is 14.8 Å². The molecule has 144 valence electrons. The van der Waals surface area contributed by atoms with Crippen LogP contribution in [0.5, 0.6) is 5.75 Å². The molecule has 1 amide bonds. The second-order valence-corrected chi connectivity index (χ2v) is 6.31. The minimum atomic E-state index is -0.509. The van der Waals surface area contributed by atoms with Gasteiger partial charge in [0.1, 0.15) is 11.3 Å². The number of amides is 1. The molecule has 2 N–H and O–H groups in total. The number of nitrogens with one attached hydrogen (secondary N) is 2. The highest BCUT2D eigenvalue weighted by atomic mass is 35.5. The molecule has 0 aliphatic rings. The zero-order valence-electron chi connectivity index (χ0n) is 15.3. The van der Waals surface area contributed by atoms with Crippen LogP contribution in [0.25, 0.3) is 11.3 Å². The molecule has 0 aliphatic carbocycles. The Labute approximate surface area is 166 Å². The van der Waals surface area contributed by atoms with Crippen molar-refractivity contribution in [3.63, 3.8) is 0 Å². The number of aromatic amines is 1. The summed E-state index contributed by atoms with van der Waals surface area (Å²) in [6, 6.07) is 12.1. The Morgan fingerprint density at radius 2 is 1.86 bits per heavy atom.